The fraction of sp³-hybridized carbons (Fsp3) is 0.233. The van der Waals surface area contributed by atoms with E-state index in [0.29, 0.717) is 5.69 Å². The van der Waals surface area contributed by atoms with Crippen LogP contribution in [0.25, 0.3) is 43.0 Å². The fourth-order valence-corrected chi connectivity index (χ4v) is 6.14. The second kappa shape index (κ2) is 9.70. The molecule has 5 nitrogen and oxygen atoms in total. The lowest BCUT2D eigenvalue weighted by Crippen LogP contribution is -2.36. The van der Waals surface area contributed by atoms with Crippen LogP contribution in [0.5, 0.6) is 0 Å². The number of carbonyl (C=O) groups is 1. The third-order valence-electron chi connectivity index (χ3n) is 7.02. The summed E-state index contributed by atoms with van der Waals surface area (Å²) in [7, 11) is 0. The summed E-state index contributed by atoms with van der Waals surface area (Å²) in [4.78, 5) is 18.5. The van der Waals surface area contributed by atoms with Gasteiger partial charge in [-0.3, -0.25) is 9.89 Å². The molecule has 6 heteroatoms. The number of H-pyrrole nitrogens is 1. The monoisotopic (exact) mass is 492 g/mol. The second-order valence-electron chi connectivity index (χ2n) is 9.51. The van der Waals surface area contributed by atoms with E-state index in [1.165, 1.54) is 41.2 Å². The van der Waals surface area contributed by atoms with Gasteiger partial charge in [0.05, 0.1) is 16.3 Å². The minimum absolute atomic E-state index is 0.101. The van der Waals surface area contributed by atoms with E-state index in [2.05, 4.69) is 82.2 Å². The number of fused-ring (bicyclic) bond motifs is 1. The summed E-state index contributed by atoms with van der Waals surface area (Å²) < 4.78 is 0. The van der Waals surface area contributed by atoms with Gasteiger partial charge in [-0.1, -0.05) is 86.0 Å². The molecule has 36 heavy (non-hydrogen) atoms. The lowest BCUT2D eigenvalue weighted by molar-refractivity contribution is 0.0922. The predicted molar refractivity (Wildman–Crippen MR) is 147 cm³/mol. The van der Waals surface area contributed by atoms with Crippen molar-refractivity contribution in [3.63, 3.8) is 0 Å². The number of aryl methyl sites for hydroxylation is 1. The van der Waals surface area contributed by atoms with Gasteiger partial charge in [0.15, 0.2) is 5.69 Å². The third kappa shape index (κ3) is 4.44. The normalized spacial score (nSPS) is 14.2. The maximum atomic E-state index is 12.7. The van der Waals surface area contributed by atoms with E-state index >= 15 is 0 Å². The lowest BCUT2D eigenvalue weighted by atomic mass is 9.95. The minimum atomic E-state index is -0.101. The highest BCUT2D eigenvalue weighted by atomic mass is 32.1. The molecule has 0 atom stereocenters. The summed E-state index contributed by atoms with van der Waals surface area (Å²) in [5.74, 6) is -0.101. The van der Waals surface area contributed by atoms with Crippen LogP contribution in [0.4, 0.5) is 0 Å². The molecule has 0 aliphatic heterocycles. The molecule has 1 fully saturated rings. The van der Waals surface area contributed by atoms with Crippen molar-refractivity contribution in [1.82, 2.24) is 20.5 Å². The van der Waals surface area contributed by atoms with E-state index in [1.54, 1.807) is 11.3 Å². The van der Waals surface area contributed by atoms with Crippen LogP contribution in [-0.4, -0.2) is 27.1 Å². The van der Waals surface area contributed by atoms with Crippen molar-refractivity contribution in [1.29, 1.82) is 0 Å². The summed E-state index contributed by atoms with van der Waals surface area (Å²) in [6.45, 7) is 2.00. The maximum Gasteiger partial charge on any atom is 0.272 e. The number of rotatable bonds is 5. The van der Waals surface area contributed by atoms with Gasteiger partial charge in [-0.05, 0) is 47.7 Å². The number of thiazole rings is 1. The number of hydrogen-bond donors (Lipinski definition) is 2. The SMILES string of the molecule is Cc1nc(-c2ccc(-c3cccc4ccccc34)cc2)sc1-c1cc(C(=O)NC2CCCCC2)n[nH]1. The first-order valence-electron chi connectivity index (χ1n) is 12.6. The second-order valence-corrected chi connectivity index (χ2v) is 10.5. The van der Waals surface area contributed by atoms with Crippen LogP contribution in [0.2, 0.25) is 0 Å². The number of aromatic nitrogens is 3. The van der Waals surface area contributed by atoms with Crippen LogP contribution in [0.3, 0.4) is 0 Å². The molecule has 3 aromatic carbocycles. The van der Waals surface area contributed by atoms with Crippen molar-refractivity contribution in [3.05, 3.63) is 84.2 Å². The number of aromatic amines is 1. The smallest absolute Gasteiger partial charge is 0.272 e. The molecule has 0 saturated heterocycles. The molecule has 1 amide bonds. The van der Waals surface area contributed by atoms with Gasteiger partial charge in [0, 0.05) is 11.6 Å². The van der Waals surface area contributed by atoms with Crippen molar-refractivity contribution in [3.8, 4) is 32.3 Å². The Morgan fingerprint density at radius 2 is 1.69 bits per heavy atom. The molecule has 0 radical (unpaired) electrons. The van der Waals surface area contributed by atoms with Gasteiger partial charge in [0.2, 0.25) is 0 Å². The maximum absolute atomic E-state index is 12.7. The van der Waals surface area contributed by atoms with Crippen LogP contribution in [0, 0.1) is 6.92 Å². The Kier molecular flexibility index (Phi) is 6.11. The largest absolute Gasteiger partial charge is 0.348 e. The molecule has 0 bridgehead atoms. The van der Waals surface area contributed by atoms with Gasteiger partial charge in [-0.2, -0.15) is 5.10 Å². The fourth-order valence-electron chi connectivity index (χ4n) is 5.10. The average Bonchev–Trinajstić information content (AvgIpc) is 3.56. The van der Waals surface area contributed by atoms with Crippen molar-refractivity contribution in [2.45, 2.75) is 45.1 Å². The highest BCUT2D eigenvalue weighted by molar-refractivity contribution is 7.18. The van der Waals surface area contributed by atoms with E-state index in [4.69, 9.17) is 4.98 Å². The van der Waals surface area contributed by atoms with Crippen LogP contribution >= 0.6 is 11.3 Å². The average molecular weight is 493 g/mol. The first-order valence-corrected chi connectivity index (χ1v) is 13.4. The molecule has 0 unspecified atom stereocenters. The van der Waals surface area contributed by atoms with E-state index < -0.39 is 0 Å². The van der Waals surface area contributed by atoms with Crippen LogP contribution in [-0.2, 0) is 0 Å². The van der Waals surface area contributed by atoms with Gasteiger partial charge in [0.25, 0.3) is 5.91 Å². The number of amides is 1. The molecule has 1 aliphatic rings. The van der Waals surface area contributed by atoms with Crippen LogP contribution in [0.15, 0.2) is 72.8 Å². The molecule has 1 saturated carbocycles. The summed E-state index contributed by atoms with van der Waals surface area (Å²) in [5, 5.41) is 13.9. The third-order valence-corrected chi connectivity index (χ3v) is 8.26. The quantitative estimate of drug-likeness (QED) is 0.269. The van der Waals surface area contributed by atoms with E-state index in [-0.39, 0.29) is 11.9 Å². The highest BCUT2D eigenvalue weighted by Crippen LogP contribution is 2.36. The van der Waals surface area contributed by atoms with Gasteiger partial charge >= 0.3 is 0 Å². The summed E-state index contributed by atoms with van der Waals surface area (Å²) in [5.41, 5.74) is 5.68. The number of nitrogens with zero attached hydrogens (tertiary/aromatic N) is 2. The number of carbonyl (C=O) groups excluding carboxylic acids is 1. The number of benzene rings is 3. The standard InChI is InChI=1S/C30H28N4OS/c1-19-28(26-18-27(34-33-26)29(35)32-23-10-3-2-4-11-23)36-30(31-19)22-16-14-21(15-17-22)25-13-7-9-20-8-5-6-12-24(20)25/h5-9,12-18,23H,2-4,10-11H2,1H3,(H,32,35)(H,33,34). The molecule has 6 rings (SSSR count). The molecule has 2 N–H and O–H groups in total. The zero-order valence-electron chi connectivity index (χ0n) is 20.3. The molecule has 5 aromatic rings. The van der Waals surface area contributed by atoms with Gasteiger partial charge in [-0.15, -0.1) is 11.3 Å². The zero-order valence-corrected chi connectivity index (χ0v) is 21.1. The lowest BCUT2D eigenvalue weighted by Gasteiger charge is -2.22. The van der Waals surface area contributed by atoms with Crippen molar-refractivity contribution < 1.29 is 4.79 Å². The molecule has 2 aromatic heterocycles. The Balaban J connectivity index is 1.22. The molecular formula is C30H28N4OS. The van der Waals surface area contributed by atoms with Crippen LogP contribution in [0.1, 0.15) is 48.3 Å². The Hall–Kier alpha value is -3.77. The van der Waals surface area contributed by atoms with E-state index in [0.717, 1.165) is 39.7 Å². The van der Waals surface area contributed by atoms with Crippen LogP contribution < -0.4 is 5.32 Å². The zero-order chi connectivity index (χ0) is 24.5. The van der Waals surface area contributed by atoms with Crippen molar-refractivity contribution >= 4 is 28.0 Å². The molecule has 0 spiro atoms. The summed E-state index contributed by atoms with van der Waals surface area (Å²) in [6, 6.07) is 25.6. The topological polar surface area (TPSA) is 70.7 Å². The Morgan fingerprint density at radius 3 is 2.53 bits per heavy atom. The number of nitrogens with one attached hydrogen (secondary N) is 2. The van der Waals surface area contributed by atoms with Gasteiger partial charge < -0.3 is 5.32 Å². The van der Waals surface area contributed by atoms with Gasteiger partial charge in [0.1, 0.15) is 5.01 Å². The van der Waals surface area contributed by atoms with E-state index in [1.807, 2.05) is 13.0 Å². The van der Waals surface area contributed by atoms with Gasteiger partial charge in [-0.25, -0.2) is 4.98 Å². The highest BCUT2D eigenvalue weighted by Gasteiger charge is 2.20. The summed E-state index contributed by atoms with van der Waals surface area (Å²) in [6.07, 6.45) is 5.74. The molecule has 2 heterocycles. The van der Waals surface area contributed by atoms with E-state index in [9.17, 15) is 4.79 Å². The molecule has 180 valence electrons. The number of hydrogen-bond acceptors (Lipinski definition) is 4. The Morgan fingerprint density at radius 1 is 0.944 bits per heavy atom. The van der Waals surface area contributed by atoms with Crippen molar-refractivity contribution in [2.75, 3.05) is 0 Å². The molecular weight excluding hydrogens is 464 g/mol. The Labute approximate surface area is 214 Å². The van der Waals surface area contributed by atoms with Crippen molar-refractivity contribution in [2.24, 2.45) is 0 Å². The summed E-state index contributed by atoms with van der Waals surface area (Å²) >= 11 is 1.62. The first kappa shape index (κ1) is 22.7. The minimum Gasteiger partial charge on any atom is -0.348 e. The Bertz CT molecular complexity index is 1520. The molecule has 1 aliphatic carbocycles. The first-order chi connectivity index (χ1) is 17.7. The predicted octanol–water partition coefficient (Wildman–Crippen LogP) is 7.39.